The summed E-state index contributed by atoms with van der Waals surface area (Å²) >= 11 is 0. The molecule has 0 spiro atoms. The van der Waals surface area contributed by atoms with Crippen LogP contribution in [0.3, 0.4) is 0 Å². The highest BCUT2D eigenvalue weighted by Crippen LogP contribution is 2.44. The largest absolute Gasteiger partial charge is 0.496 e. The fraction of sp³-hybridized carbons (Fsp3) is 0.480. The van der Waals surface area contributed by atoms with Crippen LogP contribution in [-0.2, 0) is 9.47 Å². The third-order valence-corrected chi connectivity index (χ3v) is 6.68. The van der Waals surface area contributed by atoms with E-state index >= 15 is 0 Å². The Bertz CT molecular complexity index is 1060. The molecule has 2 fully saturated rings. The average molecular weight is 415 g/mol. The number of rotatable bonds is 3. The monoisotopic (exact) mass is 414 g/mol. The molecule has 2 atom stereocenters. The van der Waals surface area contributed by atoms with Crippen molar-refractivity contribution in [2.24, 2.45) is 5.92 Å². The van der Waals surface area contributed by atoms with Gasteiger partial charge in [0.25, 0.3) is 0 Å². The van der Waals surface area contributed by atoms with E-state index in [1.807, 2.05) is 38.1 Å². The fourth-order valence-corrected chi connectivity index (χ4v) is 5.40. The molecule has 0 radical (unpaired) electrons. The number of nitriles is 3. The highest BCUT2D eigenvalue weighted by Gasteiger charge is 2.41. The molecule has 0 amide bonds. The maximum Gasteiger partial charge on any atom is 0.172 e. The molecule has 6 nitrogen and oxygen atoms in total. The van der Waals surface area contributed by atoms with Gasteiger partial charge in [0.1, 0.15) is 35.1 Å². The molecular weight excluding hydrogens is 388 g/mol. The molecule has 0 bridgehead atoms. The van der Waals surface area contributed by atoms with Crippen molar-refractivity contribution < 1.29 is 9.47 Å². The molecule has 158 valence electrons. The van der Waals surface area contributed by atoms with Crippen LogP contribution in [0.25, 0.3) is 0 Å². The van der Waals surface area contributed by atoms with Gasteiger partial charge in [-0.1, -0.05) is 18.2 Å². The van der Waals surface area contributed by atoms with Crippen LogP contribution >= 0.6 is 0 Å². The van der Waals surface area contributed by atoms with Gasteiger partial charge in [0, 0.05) is 17.2 Å². The van der Waals surface area contributed by atoms with Crippen molar-refractivity contribution in [2.45, 2.75) is 51.2 Å². The second-order valence-corrected chi connectivity index (χ2v) is 8.84. The van der Waals surface area contributed by atoms with E-state index in [2.05, 4.69) is 17.0 Å². The lowest BCUT2D eigenvalue weighted by Crippen LogP contribution is -2.50. The standard InChI is InChI=1S/C25H26N4O2/c1-25(2)21(20(15-28)24(31-25)18(13-26)14-27)9-8-17-12-16-6-4-10-29-11-5-7-19(22(16)29)23(17)30-3/h8-9,12,16,22H,4-7,10-11H2,1-3H3/b9-8+. The Balaban J connectivity index is 1.77. The maximum absolute atomic E-state index is 9.76. The number of hydrogen-bond donors (Lipinski definition) is 0. The normalized spacial score (nSPS) is 27.1. The van der Waals surface area contributed by atoms with Crippen LogP contribution in [0.2, 0.25) is 0 Å². The SMILES string of the molecule is COC1=C2CCCN3CCCC(C=C1/C=C/C1=C(C#N)C(=C(C#N)C#N)OC1(C)C)C23. The van der Waals surface area contributed by atoms with Crippen LogP contribution in [0, 0.1) is 39.9 Å². The third-order valence-electron chi connectivity index (χ3n) is 6.68. The lowest BCUT2D eigenvalue weighted by atomic mass is 9.75. The van der Waals surface area contributed by atoms with Crippen LogP contribution in [0.1, 0.15) is 39.5 Å². The van der Waals surface area contributed by atoms with Crippen LogP contribution < -0.4 is 0 Å². The molecule has 0 saturated carbocycles. The summed E-state index contributed by atoms with van der Waals surface area (Å²) in [6.45, 7) is 5.98. The molecule has 1 aliphatic carbocycles. The van der Waals surface area contributed by atoms with E-state index in [1.165, 1.54) is 18.4 Å². The summed E-state index contributed by atoms with van der Waals surface area (Å²) in [4.78, 5) is 2.59. The average Bonchev–Trinajstić information content (AvgIpc) is 3.03. The summed E-state index contributed by atoms with van der Waals surface area (Å²) in [6.07, 6.45) is 10.7. The van der Waals surface area contributed by atoms with Gasteiger partial charge in [0.05, 0.1) is 7.11 Å². The van der Waals surface area contributed by atoms with Crippen LogP contribution in [0.15, 0.2) is 57.6 Å². The van der Waals surface area contributed by atoms with Crippen molar-refractivity contribution >= 4 is 0 Å². The van der Waals surface area contributed by atoms with Crippen molar-refractivity contribution in [2.75, 3.05) is 20.2 Å². The lowest BCUT2D eigenvalue weighted by molar-refractivity contribution is 0.0953. The minimum absolute atomic E-state index is 0.0651. The number of hydrogen-bond acceptors (Lipinski definition) is 6. The minimum atomic E-state index is -0.819. The van der Waals surface area contributed by atoms with Gasteiger partial charge in [-0.2, -0.15) is 15.8 Å². The van der Waals surface area contributed by atoms with Crippen molar-refractivity contribution in [3.05, 3.63) is 57.6 Å². The molecule has 0 aromatic rings. The van der Waals surface area contributed by atoms with Gasteiger partial charge in [-0.3, -0.25) is 4.90 Å². The molecule has 2 saturated heterocycles. The molecule has 6 heteroatoms. The van der Waals surface area contributed by atoms with E-state index < -0.39 is 5.60 Å². The van der Waals surface area contributed by atoms with Gasteiger partial charge in [-0.15, -0.1) is 0 Å². The van der Waals surface area contributed by atoms with Crippen molar-refractivity contribution in [3.63, 3.8) is 0 Å². The number of nitrogens with zero attached hydrogens (tertiary/aromatic N) is 4. The van der Waals surface area contributed by atoms with Gasteiger partial charge >= 0.3 is 0 Å². The summed E-state index contributed by atoms with van der Waals surface area (Å²) in [7, 11) is 1.72. The second kappa shape index (κ2) is 8.10. The number of ether oxygens (including phenoxy) is 2. The van der Waals surface area contributed by atoms with E-state index in [-0.39, 0.29) is 16.9 Å². The first-order valence-corrected chi connectivity index (χ1v) is 10.7. The van der Waals surface area contributed by atoms with E-state index in [4.69, 9.17) is 9.47 Å². The molecule has 3 heterocycles. The highest BCUT2D eigenvalue weighted by atomic mass is 16.5. The van der Waals surface area contributed by atoms with Crippen LogP contribution in [0.5, 0.6) is 0 Å². The summed E-state index contributed by atoms with van der Waals surface area (Å²) in [5, 5.41) is 28.3. The van der Waals surface area contributed by atoms with Crippen molar-refractivity contribution in [3.8, 4) is 18.2 Å². The summed E-state index contributed by atoms with van der Waals surface area (Å²) < 4.78 is 11.7. The second-order valence-electron chi connectivity index (χ2n) is 8.84. The third kappa shape index (κ3) is 3.46. The van der Waals surface area contributed by atoms with E-state index in [0.717, 1.165) is 37.3 Å². The lowest BCUT2D eigenvalue weighted by Gasteiger charge is -2.47. The minimum Gasteiger partial charge on any atom is -0.496 e. The van der Waals surface area contributed by atoms with E-state index in [0.29, 0.717) is 17.5 Å². The number of piperidine rings is 2. The number of methoxy groups -OCH3 is 1. The molecule has 4 aliphatic rings. The zero-order valence-corrected chi connectivity index (χ0v) is 18.2. The molecular formula is C25H26N4O2. The Morgan fingerprint density at radius 1 is 1.19 bits per heavy atom. The summed E-state index contributed by atoms with van der Waals surface area (Å²) in [6, 6.07) is 6.25. The fourth-order valence-electron chi connectivity index (χ4n) is 5.40. The van der Waals surface area contributed by atoms with Crippen molar-refractivity contribution in [1.29, 1.82) is 15.8 Å². The molecule has 0 N–H and O–H groups in total. The van der Waals surface area contributed by atoms with Gasteiger partial charge in [0.2, 0.25) is 0 Å². The molecule has 31 heavy (non-hydrogen) atoms. The maximum atomic E-state index is 9.76. The predicted molar refractivity (Wildman–Crippen MR) is 115 cm³/mol. The van der Waals surface area contributed by atoms with E-state index in [9.17, 15) is 15.8 Å². The smallest absolute Gasteiger partial charge is 0.172 e. The molecule has 3 aliphatic heterocycles. The van der Waals surface area contributed by atoms with Crippen LogP contribution in [-0.4, -0.2) is 36.7 Å². The van der Waals surface area contributed by atoms with Gasteiger partial charge < -0.3 is 9.47 Å². The Kier molecular flexibility index (Phi) is 5.48. The first kappa shape index (κ1) is 21.0. The van der Waals surface area contributed by atoms with Gasteiger partial charge in [-0.25, -0.2) is 0 Å². The molecule has 0 aromatic heterocycles. The molecule has 0 aromatic carbocycles. The summed E-state index contributed by atoms with van der Waals surface area (Å²) in [5.41, 5.74) is 2.31. The first-order valence-electron chi connectivity index (χ1n) is 10.7. The van der Waals surface area contributed by atoms with Gasteiger partial charge in [-0.05, 0) is 64.1 Å². The predicted octanol–water partition coefficient (Wildman–Crippen LogP) is 4.19. The Labute approximate surface area is 183 Å². The van der Waals surface area contributed by atoms with Crippen LogP contribution in [0.4, 0.5) is 0 Å². The Hall–Kier alpha value is -3.27. The van der Waals surface area contributed by atoms with Crippen molar-refractivity contribution in [1.82, 2.24) is 4.90 Å². The number of allylic oxidation sites excluding steroid dienone is 3. The zero-order valence-electron chi connectivity index (χ0n) is 18.2. The highest BCUT2D eigenvalue weighted by molar-refractivity contribution is 5.61. The van der Waals surface area contributed by atoms with E-state index in [1.54, 1.807) is 7.11 Å². The topological polar surface area (TPSA) is 93.1 Å². The zero-order chi connectivity index (χ0) is 22.2. The molecule has 4 rings (SSSR count). The van der Waals surface area contributed by atoms with Gasteiger partial charge in [0.15, 0.2) is 11.3 Å². The Morgan fingerprint density at radius 2 is 1.94 bits per heavy atom. The molecule has 2 unspecified atom stereocenters. The Morgan fingerprint density at radius 3 is 2.61 bits per heavy atom. The summed E-state index contributed by atoms with van der Waals surface area (Å²) in [5.74, 6) is 1.47. The first-order chi connectivity index (χ1) is 14.9. The quantitative estimate of drug-likeness (QED) is 0.643.